The van der Waals surface area contributed by atoms with Crippen LogP contribution >= 0.6 is 0 Å². The Bertz CT molecular complexity index is 885. The average Bonchev–Trinajstić information content (AvgIpc) is 2.59. The quantitative estimate of drug-likeness (QED) is 0.720. The van der Waals surface area contributed by atoms with Crippen molar-refractivity contribution in [1.29, 1.82) is 0 Å². The minimum atomic E-state index is -3.60. The summed E-state index contributed by atoms with van der Waals surface area (Å²) in [6.45, 7) is 0. The van der Waals surface area contributed by atoms with E-state index in [-0.39, 0.29) is 23.5 Å². The van der Waals surface area contributed by atoms with Crippen molar-refractivity contribution in [3.05, 3.63) is 66.0 Å². The van der Waals surface area contributed by atoms with E-state index in [1.165, 1.54) is 30.3 Å². The van der Waals surface area contributed by atoms with Crippen molar-refractivity contribution < 1.29 is 22.4 Å². The van der Waals surface area contributed by atoms with Crippen LogP contribution in [-0.2, 0) is 25.8 Å². The fraction of sp³-hybridized carbons (Fsp3) is 0.222. The van der Waals surface area contributed by atoms with E-state index in [1.807, 2.05) is 0 Å². The largest absolute Gasteiger partial charge is 0.368 e. The Hall–Kier alpha value is -2.74. The van der Waals surface area contributed by atoms with Gasteiger partial charge in [-0.05, 0) is 36.2 Å². The molecule has 2 rings (SSSR count). The second-order valence-electron chi connectivity index (χ2n) is 5.75. The summed E-state index contributed by atoms with van der Waals surface area (Å²) in [6, 6.07) is 12.2. The van der Waals surface area contributed by atoms with Gasteiger partial charge in [0.2, 0.25) is 11.8 Å². The van der Waals surface area contributed by atoms with Gasteiger partial charge < -0.3 is 11.1 Å². The third kappa shape index (κ3) is 5.66. The number of hydrogen-bond acceptors (Lipinski definition) is 4. The molecule has 0 fully saturated rings. The van der Waals surface area contributed by atoms with E-state index in [1.54, 1.807) is 24.3 Å². The maximum Gasteiger partial charge on any atom is 0.240 e. The molecular weight excluding hydrogens is 359 g/mol. The number of benzene rings is 2. The molecule has 1 atom stereocenters. The number of amides is 2. The normalized spacial score (nSPS) is 12.3. The highest BCUT2D eigenvalue weighted by Crippen LogP contribution is 2.12. The maximum atomic E-state index is 13.1. The Morgan fingerprint density at radius 2 is 1.77 bits per heavy atom. The lowest BCUT2D eigenvalue weighted by atomic mass is 10.1. The van der Waals surface area contributed by atoms with Gasteiger partial charge in [0.1, 0.15) is 11.9 Å². The van der Waals surface area contributed by atoms with Crippen LogP contribution in [0.4, 0.5) is 4.39 Å². The smallest absolute Gasteiger partial charge is 0.240 e. The predicted molar refractivity (Wildman–Crippen MR) is 94.3 cm³/mol. The zero-order chi connectivity index (χ0) is 19.2. The zero-order valence-electron chi connectivity index (χ0n) is 13.9. The highest BCUT2D eigenvalue weighted by Gasteiger charge is 2.22. The first-order chi connectivity index (χ1) is 12.3. The van der Waals surface area contributed by atoms with Gasteiger partial charge in [0.25, 0.3) is 0 Å². The van der Waals surface area contributed by atoms with Gasteiger partial charge in [-0.15, -0.1) is 0 Å². The molecule has 0 unspecified atom stereocenters. The molecule has 6 nitrogen and oxygen atoms in total. The molecule has 2 aromatic carbocycles. The molecule has 0 aliphatic heterocycles. The van der Waals surface area contributed by atoms with Crippen molar-refractivity contribution in [1.82, 2.24) is 5.32 Å². The van der Waals surface area contributed by atoms with Crippen molar-refractivity contribution in [2.24, 2.45) is 5.73 Å². The lowest BCUT2D eigenvalue weighted by Gasteiger charge is -2.15. The topological polar surface area (TPSA) is 106 Å². The third-order valence-corrected chi connectivity index (χ3v) is 5.47. The van der Waals surface area contributed by atoms with Gasteiger partial charge in [0, 0.05) is 0 Å². The summed E-state index contributed by atoms with van der Waals surface area (Å²) in [7, 11) is -3.60. The van der Waals surface area contributed by atoms with E-state index >= 15 is 0 Å². The van der Waals surface area contributed by atoms with Crippen LogP contribution in [0, 0.1) is 5.82 Å². The fourth-order valence-electron chi connectivity index (χ4n) is 2.38. The molecule has 0 spiro atoms. The van der Waals surface area contributed by atoms with Crippen LogP contribution in [0.2, 0.25) is 0 Å². The van der Waals surface area contributed by atoms with Crippen molar-refractivity contribution in [3.8, 4) is 0 Å². The van der Waals surface area contributed by atoms with Gasteiger partial charge in [-0.25, -0.2) is 12.8 Å². The standard InChI is InChI=1S/C18H19FN2O4S/c19-14-6-4-5-13(11-14)12-17(22)21-16(18(20)23)9-10-26(24,25)15-7-2-1-3-8-15/h1-8,11,16H,9-10,12H2,(H2,20,23)(H,21,22)/t16-/m0/s1. The van der Waals surface area contributed by atoms with Crippen molar-refractivity contribution in [2.75, 3.05) is 5.75 Å². The second-order valence-corrected chi connectivity index (χ2v) is 7.86. The van der Waals surface area contributed by atoms with Crippen LogP contribution in [0.5, 0.6) is 0 Å². The minimum Gasteiger partial charge on any atom is -0.368 e. The summed E-state index contributed by atoms with van der Waals surface area (Å²) in [6.07, 6.45) is -0.297. The van der Waals surface area contributed by atoms with Gasteiger partial charge in [0.15, 0.2) is 9.84 Å². The van der Waals surface area contributed by atoms with E-state index < -0.39 is 33.5 Å². The van der Waals surface area contributed by atoms with Gasteiger partial charge in [-0.3, -0.25) is 9.59 Å². The summed E-state index contributed by atoms with van der Waals surface area (Å²) >= 11 is 0. The Morgan fingerprint density at radius 3 is 2.38 bits per heavy atom. The molecule has 138 valence electrons. The van der Waals surface area contributed by atoms with Crippen LogP contribution in [0.15, 0.2) is 59.5 Å². The number of hydrogen-bond donors (Lipinski definition) is 2. The third-order valence-electron chi connectivity index (χ3n) is 3.71. The molecule has 26 heavy (non-hydrogen) atoms. The first-order valence-electron chi connectivity index (χ1n) is 7.89. The Morgan fingerprint density at radius 1 is 1.08 bits per heavy atom. The molecule has 0 radical (unpaired) electrons. The Balaban J connectivity index is 1.98. The second kappa shape index (κ2) is 8.57. The summed E-state index contributed by atoms with van der Waals surface area (Å²) in [5, 5.41) is 2.41. The van der Waals surface area contributed by atoms with Crippen LogP contribution in [0.25, 0.3) is 0 Å². The number of carbonyl (C=O) groups excluding carboxylic acids is 2. The highest BCUT2D eigenvalue weighted by atomic mass is 32.2. The molecular formula is C18H19FN2O4S. The molecule has 0 saturated heterocycles. The van der Waals surface area contributed by atoms with E-state index in [2.05, 4.69) is 5.32 Å². The fourth-order valence-corrected chi connectivity index (χ4v) is 3.74. The number of nitrogens with two attached hydrogens (primary N) is 1. The van der Waals surface area contributed by atoms with E-state index in [4.69, 9.17) is 5.73 Å². The predicted octanol–water partition coefficient (Wildman–Crippen LogP) is 1.20. The summed E-state index contributed by atoms with van der Waals surface area (Å²) in [5.41, 5.74) is 5.70. The number of sulfone groups is 1. The Labute approximate surface area is 151 Å². The van der Waals surface area contributed by atoms with Gasteiger partial charge in [-0.2, -0.15) is 0 Å². The number of rotatable bonds is 8. The van der Waals surface area contributed by atoms with E-state index in [0.717, 1.165) is 0 Å². The first kappa shape index (κ1) is 19.6. The van der Waals surface area contributed by atoms with Crippen LogP contribution < -0.4 is 11.1 Å². The van der Waals surface area contributed by atoms with Gasteiger partial charge in [-0.1, -0.05) is 30.3 Å². The van der Waals surface area contributed by atoms with Crippen molar-refractivity contribution in [3.63, 3.8) is 0 Å². The molecule has 2 aromatic rings. The zero-order valence-corrected chi connectivity index (χ0v) is 14.7. The first-order valence-corrected chi connectivity index (χ1v) is 9.54. The maximum absolute atomic E-state index is 13.1. The van der Waals surface area contributed by atoms with E-state index in [9.17, 15) is 22.4 Å². The summed E-state index contributed by atoms with van der Waals surface area (Å²) in [5.74, 6) is -2.20. The molecule has 0 bridgehead atoms. The lowest BCUT2D eigenvalue weighted by Crippen LogP contribution is -2.45. The van der Waals surface area contributed by atoms with Crippen LogP contribution in [0.3, 0.4) is 0 Å². The van der Waals surface area contributed by atoms with Crippen molar-refractivity contribution in [2.45, 2.75) is 23.8 Å². The van der Waals surface area contributed by atoms with Crippen molar-refractivity contribution >= 4 is 21.7 Å². The number of primary amides is 1. The number of nitrogens with one attached hydrogen (secondary N) is 1. The molecule has 0 aliphatic rings. The SMILES string of the molecule is NC(=O)[C@H](CCS(=O)(=O)c1ccccc1)NC(=O)Cc1cccc(F)c1. The minimum absolute atomic E-state index is 0.134. The molecule has 2 amide bonds. The average molecular weight is 378 g/mol. The summed E-state index contributed by atoms with van der Waals surface area (Å²) < 4.78 is 37.7. The van der Waals surface area contributed by atoms with E-state index in [0.29, 0.717) is 5.56 Å². The lowest BCUT2D eigenvalue weighted by molar-refractivity contribution is -0.127. The Kier molecular flexibility index (Phi) is 6.46. The molecule has 0 saturated carbocycles. The molecule has 0 aromatic heterocycles. The molecule has 0 heterocycles. The molecule has 0 aliphatic carbocycles. The molecule has 8 heteroatoms. The number of halogens is 1. The van der Waals surface area contributed by atoms with Crippen LogP contribution in [-0.4, -0.2) is 32.0 Å². The number of carbonyl (C=O) groups is 2. The monoisotopic (exact) mass is 378 g/mol. The van der Waals surface area contributed by atoms with Crippen LogP contribution in [0.1, 0.15) is 12.0 Å². The van der Waals surface area contributed by atoms with Gasteiger partial charge in [0.05, 0.1) is 17.1 Å². The summed E-state index contributed by atoms with van der Waals surface area (Å²) in [4.78, 5) is 23.7. The van der Waals surface area contributed by atoms with Gasteiger partial charge >= 0.3 is 0 Å². The molecule has 3 N–H and O–H groups in total. The highest BCUT2D eigenvalue weighted by molar-refractivity contribution is 7.91.